The first-order valence-electron chi connectivity index (χ1n) is 5.32. The summed E-state index contributed by atoms with van der Waals surface area (Å²) in [6.45, 7) is 6.28. The molecule has 0 fully saturated rings. The maximum Gasteiger partial charge on any atom is 0.0130 e. The lowest BCUT2D eigenvalue weighted by Crippen LogP contribution is -1.97. The van der Waals surface area contributed by atoms with E-state index in [9.17, 15) is 0 Å². The van der Waals surface area contributed by atoms with Crippen molar-refractivity contribution < 1.29 is 0 Å². The monoisotopic (exact) mass is 301 g/mol. The predicted octanol–water partition coefficient (Wildman–Crippen LogP) is 4.79. The molecule has 0 aliphatic heterocycles. The molecule has 0 aliphatic carbocycles. The highest BCUT2D eigenvalue weighted by atomic mass is 127. The van der Waals surface area contributed by atoms with Crippen molar-refractivity contribution in [3.63, 3.8) is 0 Å². The molecule has 14 heavy (non-hydrogen) atoms. The lowest BCUT2D eigenvalue weighted by molar-refractivity contribution is 0.588. The maximum atomic E-state index is 4.04. The normalized spacial score (nSPS) is 12.8. The molecule has 77 valence electrons. The zero-order chi connectivity index (χ0) is 10.4. The summed E-state index contributed by atoms with van der Waals surface area (Å²) in [5.41, 5.74) is 1.45. The Bertz CT molecular complexity index is 250. The summed E-state index contributed by atoms with van der Waals surface area (Å²) in [7, 11) is 0. The van der Waals surface area contributed by atoms with Crippen LogP contribution in [-0.4, -0.2) is 0 Å². The van der Waals surface area contributed by atoms with Gasteiger partial charge in [0.05, 0.1) is 0 Å². The number of benzene rings is 1. The number of halogens is 1. The highest BCUT2D eigenvalue weighted by Crippen LogP contribution is 2.25. The molecule has 0 saturated carbocycles. The van der Waals surface area contributed by atoms with Crippen LogP contribution in [0.25, 0.3) is 0 Å². The van der Waals surface area contributed by atoms with E-state index in [1.807, 2.05) is 0 Å². The molecule has 0 N–H and O–H groups in total. The second-order valence-corrected chi connectivity index (χ2v) is 4.93. The Morgan fingerprint density at radius 2 is 1.93 bits per heavy atom. The van der Waals surface area contributed by atoms with E-state index in [0.29, 0.717) is 5.92 Å². The summed E-state index contributed by atoms with van der Waals surface area (Å²) in [6, 6.07) is 8.86. The minimum absolute atomic E-state index is 0.659. The molecule has 1 radical (unpaired) electrons. The molecule has 0 unspecified atom stereocenters. The van der Waals surface area contributed by atoms with Crippen molar-refractivity contribution >= 4 is 22.6 Å². The summed E-state index contributed by atoms with van der Waals surface area (Å²) in [5.74, 6) is 0.659. The molecular weight excluding hydrogens is 283 g/mol. The highest BCUT2D eigenvalue weighted by Gasteiger charge is 2.07. The Kier molecular flexibility index (Phi) is 5.53. The Hall–Kier alpha value is -0.0500. The van der Waals surface area contributed by atoms with Crippen molar-refractivity contribution in [3.05, 3.63) is 40.3 Å². The molecule has 1 atom stereocenters. The number of rotatable bonds is 5. The van der Waals surface area contributed by atoms with Crippen LogP contribution < -0.4 is 0 Å². The highest BCUT2D eigenvalue weighted by molar-refractivity contribution is 14.1. The number of hydrogen-bond donors (Lipinski definition) is 0. The van der Waals surface area contributed by atoms with Gasteiger partial charge in [-0.3, -0.25) is 0 Å². The predicted molar refractivity (Wildman–Crippen MR) is 71.4 cm³/mol. The lowest BCUT2D eigenvalue weighted by atomic mass is 9.91. The number of unbranched alkanes of at least 4 members (excludes halogenated alkanes) is 1. The van der Waals surface area contributed by atoms with Gasteiger partial charge in [-0.2, -0.15) is 0 Å². The van der Waals surface area contributed by atoms with E-state index in [2.05, 4.69) is 60.7 Å². The third kappa shape index (κ3) is 3.60. The average Bonchev–Trinajstić information content (AvgIpc) is 2.21. The van der Waals surface area contributed by atoms with Gasteiger partial charge in [0.2, 0.25) is 0 Å². The maximum absolute atomic E-state index is 4.04. The smallest absolute Gasteiger partial charge is 0.0130 e. The first-order valence-corrected chi connectivity index (χ1v) is 6.40. The zero-order valence-corrected chi connectivity index (χ0v) is 11.0. The molecule has 0 spiro atoms. The van der Waals surface area contributed by atoms with Crippen LogP contribution in [0.3, 0.4) is 0 Å². The van der Waals surface area contributed by atoms with Gasteiger partial charge in [-0.05, 0) is 59.0 Å². The summed E-state index contributed by atoms with van der Waals surface area (Å²) >= 11 is 2.35. The van der Waals surface area contributed by atoms with E-state index >= 15 is 0 Å². The van der Waals surface area contributed by atoms with Crippen LogP contribution >= 0.6 is 22.6 Å². The van der Waals surface area contributed by atoms with E-state index in [1.54, 1.807) is 0 Å². The quantitative estimate of drug-likeness (QED) is 0.686. The van der Waals surface area contributed by atoms with Gasteiger partial charge in [-0.25, -0.2) is 0 Å². The molecule has 0 saturated heterocycles. The van der Waals surface area contributed by atoms with Crippen LogP contribution in [0, 0.1) is 10.5 Å². The fraction of sp³-hybridized carbons (Fsp3) is 0.462. The molecule has 1 heteroatoms. The summed E-state index contributed by atoms with van der Waals surface area (Å²) < 4.78 is 1.31. The molecule has 0 amide bonds. The Morgan fingerprint density at radius 3 is 2.43 bits per heavy atom. The van der Waals surface area contributed by atoms with Gasteiger partial charge < -0.3 is 0 Å². The molecule has 0 aromatic heterocycles. The number of hydrogen-bond acceptors (Lipinski definition) is 0. The first-order chi connectivity index (χ1) is 6.77. The SMILES string of the molecule is [CH2]C[C@@H](CCCC)c1ccc(I)cc1. The van der Waals surface area contributed by atoms with Gasteiger partial charge in [0, 0.05) is 3.57 Å². The fourth-order valence-electron chi connectivity index (χ4n) is 1.66. The van der Waals surface area contributed by atoms with Gasteiger partial charge >= 0.3 is 0 Å². The molecule has 0 bridgehead atoms. The zero-order valence-electron chi connectivity index (χ0n) is 8.80. The second kappa shape index (κ2) is 6.44. The van der Waals surface area contributed by atoms with E-state index in [1.165, 1.54) is 28.4 Å². The van der Waals surface area contributed by atoms with Crippen LogP contribution in [0.4, 0.5) is 0 Å². The van der Waals surface area contributed by atoms with Crippen LogP contribution in [0.2, 0.25) is 0 Å². The van der Waals surface area contributed by atoms with Crippen molar-refractivity contribution in [1.82, 2.24) is 0 Å². The molecule has 0 heterocycles. The molecule has 0 aliphatic rings. The van der Waals surface area contributed by atoms with Gasteiger partial charge in [0.25, 0.3) is 0 Å². The van der Waals surface area contributed by atoms with E-state index in [-0.39, 0.29) is 0 Å². The molecule has 1 aromatic rings. The van der Waals surface area contributed by atoms with Gasteiger partial charge in [0.15, 0.2) is 0 Å². The molecule has 1 rings (SSSR count). The molecular formula is C13H18I. The summed E-state index contributed by atoms with van der Waals surface area (Å²) in [4.78, 5) is 0. The second-order valence-electron chi connectivity index (χ2n) is 3.68. The standard InChI is InChI=1S/C13H18I/c1-3-5-6-11(4-2)12-7-9-13(14)10-8-12/h7-11H,2-6H2,1H3/t11-/m0/s1. The van der Waals surface area contributed by atoms with Crippen LogP contribution in [0.5, 0.6) is 0 Å². The van der Waals surface area contributed by atoms with Crippen molar-refractivity contribution in [3.8, 4) is 0 Å². The van der Waals surface area contributed by atoms with Crippen molar-refractivity contribution in [2.75, 3.05) is 0 Å². The average molecular weight is 301 g/mol. The van der Waals surface area contributed by atoms with E-state index in [4.69, 9.17) is 0 Å². The van der Waals surface area contributed by atoms with Crippen molar-refractivity contribution in [1.29, 1.82) is 0 Å². The van der Waals surface area contributed by atoms with Crippen LogP contribution in [0.15, 0.2) is 24.3 Å². The van der Waals surface area contributed by atoms with Gasteiger partial charge in [0.1, 0.15) is 0 Å². The Labute approximate surface area is 101 Å². The minimum atomic E-state index is 0.659. The summed E-state index contributed by atoms with van der Waals surface area (Å²) in [6.07, 6.45) is 4.88. The van der Waals surface area contributed by atoms with Gasteiger partial charge in [-0.15, -0.1) is 0 Å². The van der Waals surface area contributed by atoms with Gasteiger partial charge in [-0.1, -0.05) is 38.8 Å². The van der Waals surface area contributed by atoms with Crippen LogP contribution in [0.1, 0.15) is 44.1 Å². The minimum Gasteiger partial charge on any atom is -0.0654 e. The third-order valence-corrected chi connectivity index (χ3v) is 3.32. The van der Waals surface area contributed by atoms with Crippen molar-refractivity contribution in [2.24, 2.45) is 0 Å². The topological polar surface area (TPSA) is 0 Å². The summed E-state index contributed by atoms with van der Waals surface area (Å²) in [5, 5.41) is 0. The third-order valence-electron chi connectivity index (χ3n) is 2.60. The molecule has 0 nitrogen and oxygen atoms in total. The van der Waals surface area contributed by atoms with Crippen molar-refractivity contribution in [2.45, 2.75) is 38.5 Å². The lowest BCUT2D eigenvalue weighted by Gasteiger charge is -2.14. The van der Waals surface area contributed by atoms with E-state index < -0.39 is 0 Å². The largest absolute Gasteiger partial charge is 0.0654 e. The van der Waals surface area contributed by atoms with Crippen LogP contribution in [-0.2, 0) is 0 Å². The first kappa shape index (κ1) is 12.0. The fourth-order valence-corrected chi connectivity index (χ4v) is 2.02. The Morgan fingerprint density at radius 1 is 1.29 bits per heavy atom. The Balaban J connectivity index is 2.64. The van der Waals surface area contributed by atoms with E-state index in [0.717, 1.165) is 6.42 Å². The molecule has 1 aromatic carbocycles.